The Labute approximate surface area is 102 Å². The van der Waals surface area contributed by atoms with Crippen LogP contribution in [-0.4, -0.2) is 24.9 Å². The molecule has 1 atom stereocenters. The van der Waals surface area contributed by atoms with E-state index in [0.717, 1.165) is 18.4 Å². The molecular formula is C13H20FNO2. The standard InChI is InChI=1S/C13H20FNO2/c1-3-4-11(9-17-2)15-8-10-5-6-13(16)12(14)7-10/h5-7,11,15-16H,3-4,8-9H2,1-2H3. The van der Waals surface area contributed by atoms with Gasteiger partial charge in [-0.15, -0.1) is 0 Å². The number of hydrogen-bond donors (Lipinski definition) is 2. The molecule has 1 unspecified atom stereocenters. The van der Waals surface area contributed by atoms with E-state index in [1.165, 1.54) is 12.1 Å². The fourth-order valence-electron chi connectivity index (χ4n) is 1.72. The fraction of sp³-hybridized carbons (Fsp3) is 0.538. The zero-order valence-corrected chi connectivity index (χ0v) is 10.4. The first-order chi connectivity index (χ1) is 8.17. The van der Waals surface area contributed by atoms with E-state index in [2.05, 4.69) is 12.2 Å². The van der Waals surface area contributed by atoms with Crippen molar-refractivity contribution >= 4 is 0 Å². The van der Waals surface area contributed by atoms with E-state index in [1.807, 2.05) is 0 Å². The molecule has 0 aromatic heterocycles. The number of aromatic hydroxyl groups is 1. The summed E-state index contributed by atoms with van der Waals surface area (Å²) in [6.07, 6.45) is 2.10. The van der Waals surface area contributed by atoms with E-state index in [4.69, 9.17) is 9.84 Å². The number of halogens is 1. The third-order valence-electron chi connectivity index (χ3n) is 2.61. The molecule has 0 spiro atoms. The largest absolute Gasteiger partial charge is 0.505 e. The summed E-state index contributed by atoms with van der Waals surface area (Å²) in [5.41, 5.74) is 0.817. The zero-order valence-electron chi connectivity index (χ0n) is 10.4. The van der Waals surface area contributed by atoms with Gasteiger partial charge >= 0.3 is 0 Å². The molecule has 0 saturated carbocycles. The highest BCUT2D eigenvalue weighted by Gasteiger charge is 2.07. The Balaban J connectivity index is 2.49. The Morgan fingerprint density at radius 3 is 2.82 bits per heavy atom. The quantitative estimate of drug-likeness (QED) is 0.770. The van der Waals surface area contributed by atoms with Crippen LogP contribution in [0, 0.1) is 5.82 Å². The minimum absolute atomic E-state index is 0.280. The molecule has 1 aromatic rings. The van der Waals surface area contributed by atoms with Crippen LogP contribution in [0.2, 0.25) is 0 Å². The monoisotopic (exact) mass is 241 g/mol. The van der Waals surface area contributed by atoms with E-state index >= 15 is 0 Å². The van der Waals surface area contributed by atoms with E-state index in [0.29, 0.717) is 13.2 Å². The Morgan fingerprint density at radius 1 is 1.47 bits per heavy atom. The maximum Gasteiger partial charge on any atom is 0.165 e. The van der Waals surface area contributed by atoms with Crippen LogP contribution in [0.3, 0.4) is 0 Å². The van der Waals surface area contributed by atoms with Gasteiger partial charge in [0.15, 0.2) is 11.6 Å². The second kappa shape index (κ2) is 7.25. The highest BCUT2D eigenvalue weighted by atomic mass is 19.1. The molecule has 0 radical (unpaired) electrons. The Hall–Kier alpha value is -1.13. The van der Waals surface area contributed by atoms with Gasteiger partial charge in [0, 0.05) is 19.7 Å². The molecule has 0 aliphatic carbocycles. The summed E-state index contributed by atoms with van der Waals surface area (Å²) in [4.78, 5) is 0. The second-order valence-corrected chi connectivity index (χ2v) is 4.11. The number of methoxy groups -OCH3 is 1. The van der Waals surface area contributed by atoms with Crippen molar-refractivity contribution in [2.75, 3.05) is 13.7 Å². The first kappa shape index (κ1) is 13.9. The number of benzene rings is 1. The van der Waals surface area contributed by atoms with E-state index < -0.39 is 5.82 Å². The van der Waals surface area contributed by atoms with Gasteiger partial charge in [-0.3, -0.25) is 0 Å². The number of phenols is 1. The molecule has 3 nitrogen and oxygen atoms in total. The Morgan fingerprint density at radius 2 is 2.24 bits per heavy atom. The lowest BCUT2D eigenvalue weighted by Gasteiger charge is -2.17. The molecule has 2 N–H and O–H groups in total. The van der Waals surface area contributed by atoms with Crippen molar-refractivity contribution in [3.05, 3.63) is 29.6 Å². The summed E-state index contributed by atoms with van der Waals surface area (Å²) >= 11 is 0. The van der Waals surface area contributed by atoms with Crippen molar-refractivity contribution in [2.45, 2.75) is 32.4 Å². The van der Waals surface area contributed by atoms with Crippen LogP contribution >= 0.6 is 0 Å². The molecular weight excluding hydrogens is 221 g/mol. The number of ether oxygens (including phenoxy) is 1. The molecule has 17 heavy (non-hydrogen) atoms. The van der Waals surface area contributed by atoms with Gasteiger partial charge in [0.25, 0.3) is 0 Å². The first-order valence-electron chi connectivity index (χ1n) is 5.87. The topological polar surface area (TPSA) is 41.5 Å². The molecule has 1 rings (SSSR count). The highest BCUT2D eigenvalue weighted by Crippen LogP contribution is 2.16. The van der Waals surface area contributed by atoms with Crippen LogP contribution in [0.15, 0.2) is 18.2 Å². The molecule has 0 aliphatic rings. The lowest BCUT2D eigenvalue weighted by Crippen LogP contribution is -2.32. The number of phenolic OH excluding ortho intramolecular Hbond substituents is 1. The summed E-state index contributed by atoms with van der Waals surface area (Å²) in [5.74, 6) is -0.890. The predicted molar refractivity (Wildman–Crippen MR) is 65.5 cm³/mol. The lowest BCUT2D eigenvalue weighted by atomic mass is 10.1. The molecule has 0 amide bonds. The van der Waals surface area contributed by atoms with Crippen molar-refractivity contribution in [1.29, 1.82) is 0 Å². The van der Waals surface area contributed by atoms with Gasteiger partial charge in [0.05, 0.1) is 6.61 Å². The second-order valence-electron chi connectivity index (χ2n) is 4.11. The summed E-state index contributed by atoms with van der Waals surface area (Å²) in [5, 5.41) is 12.4. The van der Waals surface area contributed by atoms with Gasteiger partial charge in [-0.05, 0) is 24.1 Å². The summed E-state index contributed by atoms with van der Waals surface area (Å²) in [6, 6.07) is 4.71. The van der Waals surface area contributed by atoms with Crippen LogP contribution in [0.4, 0.5) is 4.39 Å². The third kappa shape index (κ3) is 4.71. The van der Waals surface area contributed by atoms with Gasteiger partial charge in [-0.2, -0.15) is 0 Å². The van der Waals surface area contributed by atoms with Crippen LogP contribution < -0.4 is 5.32 Å². The molecule has 96 valence electrons. The molecule has 0 saturated heterocycles. The van der Waals surface area contributed by atoms with Crippen LogP contribution in [-0.2, 0) is 11.3 Å². The summed E-state index contributed by atoms with van der Waals surface area (Å²) < 4.78 is 18.2. The van der Waals surface area contributed by atoms with Crippen LogP contribution in [0.5, 0.6) is 5.75 Å². The Kier molecular flexibility index (Phi) is 5.94. The summed E-state index contributed by atoms with van der Waals surface area (Å²) in [7, 11) is 1.67. The molecule has 1 aromatic carbocycles. The molecule has 0 aliphatic heterocycles. The maximum absolute atomic E-state index is 13.1. The minimum atomic E-state index is -0.580. The number of rotatable bonds is 7. The van der Waals surface area contributed by atoms with Gasteiger partial charge in [0.2, 0.25) is 0 Å². The van der Waals surface area contributed by atoms with Gasteiger partial charge in [0.1, 0.15) is 0 Å². The van der Waals surface area contributed by atoms with Gasteiger partial charge < -0.3 is 15.2 Å². The van der Waals surface area contributed by atoms with E-state index in [1.54, 1.807) is 13.2 Å². The van der Waals surface area contributed by atoms with Crippen molar-refractivity contribution in [2.24, 2.45) is 0 Å². The third-order valence-corrected chi connectivity index (χ3v) is 2.61. The zero-order chi connectivity index (χ0) is 12.7. The van der Waals surface area contributed by atoms with Crippen molar-refractivity contribution < 1.29 is 14.2 Å². The molecule has 0 fully saturated rings. The summed E-state index contributed by atoms with van der Waals surface area (Å²) in [6.45, 7) is 3.34. The van der Waals surface area contributed by atoms with Crippen molar-refractivity contribution in [3.63, 3.8) is 0 Å². The normalized spacial score (nSPS) is 12.6. The van der Waals surface area contributed by atoms with Gasteiger partial charge in [-0.1, -0.05) is 19.4 Å². The molecule has 0 heterocycles. The molecule has 0 bridgehead atoms. The van der Waals surface area contributed by atoms with E-state index in [-0.39, 0.29) is 11.8 Å². The van der Waals surface area contributed by atoms with Crippen LogP contribution in [0.1, 0.15) is 25.3 Å². The number of hydrogen-bond acceptors (Lipinski definition) is 3. The van der Waals surface area contributed by atoms with E-state index in [9.17, 15) is 4.39 Å². The van der Waals surface area contributed by atoms with Crippen LogP contribution in [0.25, 0.3) is 0 Å². The smallest absolute Gasteiger partial charge is 0.165 e. The first-order valence-corrected chi connectivity index (χ1v) is 5.87. The lowest BCUT2D eigenvalue weighted by molar-refractivity contribution is 0.161. The number of nitrogens with one attached hydrogen (secondary N) is 1. The van der Waals surface area contributed by atoms with Gasteiger partial charge in [-0.25, -0.2) is 4.39 Å². The van der Waals surface area contributed by atoms with Crippen molar-refractivity contribution in [1.82, 2.24) is 5.32 Å². The highest BCUT2D eigenvalue weighted by molar-refractivity contribution is 5.27. The fourth-order valence-corrected chi connectivity index (χ4v) is 1.72. The SMILES string of the molecule is CCCC(COC)NCc1ccc(O)c(F)c1. The average Bonchev–Trinajstić information content (AvgIpc) is 2.31. The van der Waals surface area contributed by atoms with Crippen molar-refractivity contribution in [3.8, 4) is 5.75 Å². The maximum atomic E-state index is 13.1. The predicted octanol–water partition coefficient (Wildman–Crippen LogP) is 2.44. The average molecular weight is 241 g/mol. The molecule has 4 heteroatoms. The minimum Gasteiger partial charge on any atom is -0.505 e. The Bertz CT molecular complexity index is 338.